The van der Waals surface area contributed by atoms with Crippen LogP contribution in [0.1, 0.15) is 64.5 Å². The lowest BCUT2D eigenvalue weighted by molar-refractivity contribution is -0.136. The summed E-state index contributed by atoms with van der Waals surface area (Å²) in [5, 5.41) is 3.16. The van der Waals surface area contributed by atoms with Crippen LogP contribution in [0.25, 0.3) is 0 Å². The lowest BCUT2D eigenvalue weighted by atomic mass is 9.84. The summed E-state index contributed by atoms with van der Waals surface area (Å²) in [6.45, 7) is 11.3. The molecule has 24 heavy (non-hydrogen) atoms. The predicted molar refractivity (Wildman–Crippen MR) is 93.4 cm³/mol. The van der Waals surface area contributed by atoms with Crippen LogP contribution in [0.15, 0.2) is 16.5 Å². The fourth-order valence-electron chi connectivity index (χ4n) is 3.22. The first-order chi connectivity index (χ1) is 11.2. The highest BCUT2D eigenvalue weighted by molar-refractivity contribution is 5.81. The third kappa shape index (κ3) is 4.40. The molecule has 5 heteroatoms. The minimum Gasteiger partial charge on any atom is -0.464 e. The minimum absolute atomic E-state index is 0.0116. The van der Waals surface area contributed by atoms with E-state index in [-0.39, 0.29) is 29.2 Å². The number of piperidine rings is 1. The molecule has 2 atom stereocenters. The average Bonchev–Trinajstić information content (AvgIpc) is 2.96. The molecule has 2 amide bonds. The zero-order chi connectivity index (χ0) is 17.9. The van der Waals surface area contributed by atoms with Crippen molar-refractivity contribution in [2.75, 3.05) is 13.1 Å². The number of carbonyl (C=O) groups is 2. The number of aryl methyl sites for hydroxylation is 1. The minimum atomic E-state index is -0.184. The van der Waals surface area contributed by atoms with Crippen LogP contribution in [0.4, 0.5) is 0 Å². The zero-order valence-corrected chi connectivity index (χ0v) is 15.5. The van der Waals surface area contributed by atoms with Crippen LogP contribution in [-0.2, 0) is 9.59 Å². The molecule has 1 aromatic heterocycles. The van der Waals surface area contributed by atoms with E-state index in [1.165, 1.54) is 0 Å². The summed E-state index contributed by atoms with van der Waals surface area (Å²) >= 11 is 0. The molecule has 1 saturated heterocycles. The molecule has 2 rings (SSSR count). The van der Waals surface area contributed by atoms with Crippen LogP contribution in [0.3, 0.4) is 0 Å². The Morgan fingerprint density at radius 3 is 2.62 bits per heavy atom. The maximum absolute atomic E-state index is 12.8. The molecule has 1 N–H and O–H groups in total. The summed E-state index contributed by atoms with van der Waals surface area (Å²) in [4.78, 5) is 26.5. The van der Waals surface area contributed by atoms with E-state index in [2.05, 4.69) is 26.1 Å². The van der Waals surface area contributed by atoms with Crippen LogP contribution in [0, 0.1) is 18.3 Å². The fraction of sp³-hybridized carbons (Fsp3) is 0.684. The molecule has 0 unspecified atom stereocenters. The standard InChI is InChI=1S/C19H30N2O3/c1-6-16(22)21-11-7-8-14(12-21)18(23)20-17(19(3,4)5)15-10-9-13(2)24-15/h9-10,14,17H,6-8,11-12H2,1-5H3,(H,20,23)/t14-,17+/m0/s1. The van der Waals surface area contributed by atoms with E-state index in [0.29, 0.717) is 13.0 Å². The monoisotopic (exact) mass is 334 g/mol. The van der Waals surface area contributed by atoms with E-state index in [1.54, 1.807) is 0 Å². The van der Waals surface area contributed by atoms with Gasteiger partial charge in [0.15, 0.2) is 0 Å². The van der Waals surface area contributed by atoms with Gasteiger partial charge >= 0.3 is 0 Å². The molecule has 0 saturated carbocycles. The topological polar surface area (TPSA) is 62.6 Å². The molecule has 0 spiro atoms. The van der Waals surface area contributed by atoms with Gasteiger partial charge in [0.05, 0.1) is 12.0 Å². The van der Waals surface area contributed by atoms with Gasteiger partial charge in [-0.2, -0.15) is 0 Å². The molecular weight excluding hydrogens is 304 g/mol. The van der Waals surface area contributed by atoms with E-state index in [9.17, 15) is 9.59 Å². The van der Waals surface area contributed by atoms with Crippen molar-refractivity contribution in [1.82, 2.24) is 10.2 Å². The molecule has 0 radical (unpaired) electrons. The van der Waals surface area contributed by atoms with Gasteiger partial charge in [0, 0.05) is 19.5 Å². The number of rotatable bonds is 4. The van der Waals surface area contributed by atoms with Gasteiger partial charge in [0.2, 0.25) is 11.8 Å². The first-order valence-corrected chi connectivity index (χ1v) is 8.87. The van der Waals surface area contributed by atoms with E-state index in [4.69, 9.17) is 4.42 Å². The highest BCUT2D eigenvalue weighted by Gasteiger charge is 2.34. The third-order valence-corrected chi connectivity index (χ3v) is 4.65. The first kappa shape index (κ1) is 18.6. The Bertz CT molecular complexity index is 586. The molecule has 1 fully saturated rings. The fourth-order valence-corrected chi connectivity index (χ4v) is 3.22. The van der Waals surface area contributed by atoms with Gasteiger partial charge in [0.25, 0.3) is 0 Å². The summed E-state index contributed by atoms with van der Waals surface area (Å²) in [5.41, 5.74) is -0.159. The third-order valence-electron chi connectivity index (χ3n) is 4.65. The molecule has 0 aromatic carbocycles. The number of likely N-dealkylation sites (tertiary alicyclic amines) is 1. The summed E-state index contributed by atoms with van der Waals surface area (Å²) in [5.74, 6) is 1.62. The van der Waals surface area contributed by atoms with E-state index >= 15 is 0 Å². The van der Waals surface area contributed by atoms with Gasteiger partial charge in [0.1, 0.15) is 11.5 Å². The summed E-state index contributed by atoms with van der Waals surface area (Å²) in [6, 6.07) is 3.66. The van der Waals surface area contributed by atoms with Gasteiger partial charge in [-0.05, 0) is 37.3 Å². The average molecular weight is 334 g/mol. The Balaban J connectivity index is 2.09. The molecule has 1 aliphatic rings. The number of nitrogens with one attached hydrogen (secondary N) is 1. The van der Waals surface area contributed by atoms with Gasteiger partial charge in [-0.3, -0.25) is 9.59 Å². The van der Waals surface area contributed by atoms with Crippen molar-refractivity contribution in [2.24, 2.45) is 11.3 Å². The van der Waals surface area contributed by atoms with Gasteiger partial charge in [-0.15, -0.1) is 0 Å². The lowest BCUT2D eigenvalue weighted by Gasteiger charge is -2.35. The Kier molecular flexibility index (Phi) is 5.73. The second-order valence-corrected chi connectivity index (χ2v) is 7.79. The van der Waals surface area contributed by atoms with Crippen molar-refractivity contribution in [3.05, 3.63) is 23.7 Å². The molecule has 2 heterocycles. The van der Waals surface area contributed by atoms with Crippen molar-refractivity contribution in [2.45, 2.75) is 59.9 Å². The number of amides is 2. The zero-order valence-electron chi connectivity index (χ0n) is 15.5. The highest BCUT2D eigenvalue weighted by Crippen LogP contribution is 2.34. The second-order valence-electron chi connectivity index (χ2n) is 7.79. The van der Waals surface area contributed by atoms with Crippen LogP contribution in [-0.4, -0.2) is 29.8 Å². The van der Waals surface area contributed by atoms with Gasteiger partial charge < -0.3 is 14.6 Å². The Morgan fingerprint density at radius 1 is 1.38 bits per heavy atom. The van der Waals surface area contributed by atoms with Crippen molar-refractivity contribution < 1.29 is 14.0 Å². The number of furan rings is 1. The predicted octanol–water partition coefficient (Wildman–Crippen LogP) is 3.44. The maximum atomic E-state index is 12.8. The van der Waals surface area contributed by atoms with E-state index in [0.717, 1.165) is 30.9 Å². The van der Waals surface area contributed by atoms with Crippen molar-refractivity contribution >= 4 is 11.8 Å². The lowest BCUT2D eigenvalue weighted by Crippen LogP contribution is -2.47. The van der Waals surface area contributed by atoms with Crippen LogP contribution in [0.5, 0.6) is 0 Å². The number of carbonyl (C=O) groups excluding carboxylic acids is 2. The van der Waals surface area contributed by atoms with Crippen molar-refractivity contribution in [3.63, 3.8) is 0 Å². The molecule has 0 aliphatic carbocycles. The summed E-state index contributed by atoms with van der Waals surface area (Å²) < 4.78 is 5.76. The Morgan fingerprint density at radius 2 is 2.08 bits per heavy atom. The highest BCUT2D eigenvalue weighted by atomic mass is 16.3. The van der Waals surface area contributed by atoms with Crippen LogP contribution >= 0.6 is 0 Å². The first-order valence-electron chi connectivity index (χ1n) is 8.87. The number of hydrogen-bond acceptors (Lipinski definition) is 3. The van der Waals surface area contributed by atoms with Gasteiger partial charge in [-0.25, -0.2) is 0 Å². The molecule has 134 valence electrons. The summed E-state index contributed by atoms with van der Waals surface area (Å²) in [6.07, 6.45) is 2.20. The van der Waals surface area contributed by atoms with Gasteiger partial charge in [-0.1, -0.05) is 27.7 Å². The Hall–Kier alpha value is -1.78. The molecule has 0 bridgehead atoms. The number of hydrogen-bond donors (Lipinski definition) is 1. The van der Waals surface area contributed by atoms with Crippen molar-refractivity contribution in [1.29, 1.82) is 0 Å². The SMILES string of the molecule is CCC(=O)N1CCC[C@H](C(=O)N[C@H](c2ccc(C)o2)C(C)(C)C)C1. The maximum Gasteiger partial charge on any atom is 0.225 e. The van der Waals surface area contributed by atoms with Crippen LogP contribution in [0.2, 0.25) is 0 Å². The largest absolute Gasteiger partial charge is 0.464 e. The smallest absolute Gasteiger partial charge is 0.225 e. The quantitative estimate of drug-likeness (QED) is 0.917. The number of nitrogens with zero attached hydrogens (tertiary/aromatic N) is 1. The second kappa shape index (κ2) is 7.41. The normalized spacial score (nSPS) is 19.9. The van der Waals surface area contributed by atoms with E-state index < -0.39 is 0 Å². The molecule has 1 aliphatic heterocycles. The molecule has 1 aromatic rings. The Labute approximate surface area is 144 Å². The van der Waals surface area contributed by atoms with Crippen molar-refractivity contribution in [3.8, 4) is 0 Å². The van der Waals surface area contributed by atoms with E-state index in [1.807, 2.05) is 30.9 Å². The van der Waals surface area contributed by atoms with Crippen LogP contribution < -0.4 is 5.32 Å². The molecule has 5 nitrogen and oxygen atoms in total. The molecular formula is C19H30N2O3. The summed E-state index contributed by atoms with van der Waals surface area (Å²) in [7, 11) is 0.